The van der Waals surface area contributed by atoms with Gasteiger partial charge >= 0.3 is 0 Å². The minimum atomic E-state index is 0.816. The molecule has 1 heteroatoms. The smallest absolute Gasteiger partial charge is 0.131 e. The zero-order chi connectivity index (χ0) is 27.7. The van der Waals surface area contributed by atoms with Crippen molar-refractivity contribution in [2.75, 3.05) is 0 Å². The fourth-order valence-electron chi connectivity index (χ4n) is 5.50. The maximum absolute atomic E-state index is 6.94. The number of hydrogen-bond acceptors (Lipinski definition) is 1. The van der Waals surface area contributed by atoms with Crippen LogP contribution in [0.5, 0.6) is 11.5 Å². The lowest BCUT2D eigenvalue weighted by atomic mass is 9.93. The van der Waals surface area contributed by atoms with Crippen molar-refractivity contribution in [1.29, 1.82) is 0 Å². The second kappa shape index (κ2) is 13.0. The molecule has 6 rings (SSSR count). The van der Waals surface area contributed by atoms with E-state index in [0.717, 1.165) is 37.2 Å². The highest BCUT2D eigenvalue weighted by Crippen LogP contribution is 2.35. The summed E-state index contributed by atoms with van der Waals surface area (Å²) in [7, 11) is 0. The molecule has 0 heterocycles. The molecular formula is C40H34O. The first-order valence-electron chi connectivity index (χ1n) is 14.4. The van der Waals surface area contributed by atoms with E-state index < -0.39 is 0 Å². The molecule has 0 aromatic heterocycles. The number of ether oxygens (including phenoxy) is 1. The van der Waals surface area contributed by atoms with Crippen molar-refractivity contribution in [3.05, 3.63) is 202 Å². The van der Waals surface area contributed by atoms with Gasteiger partial charge in [0.2, 0.25) is 0 Å². The van der Waals surface area contributed by atoms with Gasteiger partial charge in [0.15, 0.2) is 0 Å². The van der Waals surface area contributed by atoms with Crippen LogP contribution in [0.4, 0.5) is 0 Å². The van der Waals surface area contributed by atoms with E-state index in [9.17, 15) is 0 Å². The molecule has 1 nitrogen and oxygen atoms in total. The minimum Gasteiger partial charge on any atom is -0.457 e. The molecular weight excluding hydrogens is 496 g/mol. The molecule has 0 bridgehead atoms. The third-order valence-electron chi connectivity index (χ3n) is 7.60. The quantitative estimate of drug-likeness (QED) is 0.171. The number of hydrogen-bond donors (Lipinski definition) is 0. The highest BCUT2D eigenvalue weighted by atomic mass is 16.5. The Morgan fingerprint density at radius 3 is 0.951 bits per heavy atom. The highest BCUT2D eigenvalue weighted by Gasteiger charge is 2.16. The molecule has 0 spiro atoms. The summed E-state index contributed by atoms with van der Waals surface area (Å²) < 4.78 is 6.94. The van der Waals surface area contributed by atoms with Gasteiger partial charge in [0, 0.05) is 24.0 Å². The molecule has 6 aromatic rings. The van der Waals surface area contributed by atoms with E-state index in [-0.39, 0.29) is 0 Å². The molecule has 0 aliphatic carbocycles. The van der Waals surface area contributed by atoms with Crippen LogP contribution in [0.25, 0.3) is 0 Å². The van der Waals surface area contributed by atoms with Gasteiger partial charge in [0.25, 0.3) is 0 Å². The first kappa shape index (κ1) is 26.3. The lowest BCUT2D eigenvalue weighted by Crippen LogP contribution is -2.04. The van der Waals surface area contributed by atoms with Crippen LogP contribution in [-0.4, -0.2) is 0 Å². The summed E-state index contributed by atoms with van der Waals surface area (Å²) >= 11 is 0. The van der Waals surface area contributed by atoms with Crippen LogP contribution in [0.3, 0.4) is 0 Å². The van der Waals surface area contributed by atoms with Crippen molar-refractivity contribution in [2.45, 2.75) is 25.7 Å². The maximum Gasteiger partial charge on any atom is 0.131 e. The summed E-state index contributed by atoms with van der Waals surface area (Å²) in [6.07, 6.45) is 3.37. The first-order valence-corrected chi connectivity index (χ1v) is 14.4. The van der Waals surface area contributed by atoms with Crippen molar-refractivity contribution in [1.82, 2.24) is 0 Å². The molecule has 0 fully saturated rings. The molecule has 0 saturated heterocycles. The minimum absolute atomic E-state index is 0.816. The molecule has 6 aromatic carbocycles. The van der Waals surface area contributed by atoms with Crippen LogP contribution < -0.4 is 4.74 Å². The van der Waals surface area contributed by atoms with E-state index in [1.165, 1.54) is 44.5 Å². The van der Waals surface area contributed by atoms with Crippen molar-refractivity contribution in [3.8, 4) is 11.5 Å². The predicted octanol–water partition coefficient (Wildman–Crippen LogP) is 9.84. The fraction of sp³-hybridized carbons (Fsp3) is 0.100. The van der Waals surface area contributed by atoms with E-state index in [1.54, 1.807) is 0 Å². The largest absolute Gasteiger partial charge is 0.457 e. The lowest BCUT2D eigenvalue weighted by molar-refractivity contribution is 0.470. The zero-order valence-corrected chi connectivity index (χ0v) is 23.2. The average Bonchev–Trinajstić information content (AvgIpc) is 3.02. The van der Waals surface area contributed by atoms with Gasteiger partial charge in [-0.1, -0.05) is 146 Å². The Morgan fingerprint density at radius 1 is 0.293 bits per heavy atom. The van der Waals surface area contributed by atoms with E-state index in [1.807, 2.05) is 0 Å². The Bertz CT molecular complexity index is 1550. The highest BCUT2D eigenvalue weighted by molar-refractivity contribution is 5.51. The molecule has 0 radical (unpaired) electrons. The van der Waals surface area contributed by atoms with Crippen LogP contribution in [0.1, 0.15) is 44.5 Å². The Hall–Kier alpha value is -4.88. The summed E-state index contributed by atoms with van der Waals surface area (Å²) in [6, 6.07) is 55.8. The second-order valence-corrected chi connectivity index (χ2v) is 10.5. The Balaban J connectivity index is 1.41. The molecule has 0 saturated carbocycles. The van der Waals surface area contributed by atoms with E-state index in [0.29, 0.717) is 0 Å². The number of rotatable bonds is 10. The molecule has 0 aliphatic heterocycles. The Morgan fingerprint density at radius 2 is 0.610 bits per heavy atom. The van der Waals surface area contributed by atoms with E-state index >= 15 is 0 Å². The lowest BCUT2D eigenvalue weighted by Gasteiger charge is -2.20. The maximum atomic E-state index is 6.94. The molecule has 41 heavy (non-hydrogen) atoms. The van der Waals surface area contributed by atoms with E-state index in [2.05, 4.69) is 158 Å². The summed E-state index contributed by atoms with van der Waals surface area (Å²) in [5, 5.41) is 0. The van der Waals surface area contributed by atoms with Crippen LogP contribution in [0.2, 0.25) is 0 Å². The summed E-state index contributed by atoms with van der Waals surface area (Å²) in [6.45, 7) is 0. The molecule has 0 aliphatic rings. The van der Waals surface area contributed by atoms with Gasteiger partial charge < -0.3 is 4.74 Å². The van der Waals surface area contributed by atoms with Crippen molar-refractivity contribution in [2.24, 2.45) is 0 Å². The van der Waals surface area contributed by atoms with Crippen LogP contribution in [0, 0.1) is 0 Å². The SMILES string of the molecule is c1ccc(Cc2cccc(Oc3cccc(Cc4ccccc4)c3Cc3ccccc3)c2Cc2ccccc2)cc1. The summed E-state index contributed by atoms with van der Waals surface area (Å²) in [5.74, 6) is 1.85. The van der Waals surface area contributed by atoms with Gasteiger partial charge in [-0.3, -0.25) is 0 Å². The predicted molar refractivity (Wildman–Crippen MR) is 170 cm³/mol. The van der Waals surface area contributed by atoms with Gasteiger partial charge in [-0.05, 0) is 58.4 Å². The van der Waals surface area contributed by atoms with Crippen LogP contribution in [0.15, 0.2) is 158 Å². The normalized spacial score (nSPS) is 10.8. The second-order valence-electron chi connectivity index (χ2n) is 10.5. The van der Waals surface area contributed by atoms with Gasteiger partial charge in [0.05, 0.1) is 0 Å². The first-order chi connectivity index (χ1) is 20.3. The average molecular weight is 531 g/mol. The number of benzene rings is 6. The standard InChI is InChI=1S/C40H34O/c1-5-15-31(16-6-1)27-35-23-13-25-39(37(35)29-33-19-9-3-10-20-33)41-40-26-14-24-36(28-32-17-7-2-8-18-32)38(40)30-34-21-11-4-12-22-34/h1-26H,27-30H2. The summed E-state index contributed by atoms with van der Waals surface area (Å²) in [4.78, 5) is 0. The van der Waals surface area contributed by atoms with Gasteiger partial charge in [-0.15, -0.1) is 0 Å². The van der Waals surface area contributed by atoms with Crippen molar-refractivity contribution < 1.29 is 4.74 Å². The third kappa shape index (κ3) is 6.83. The van der Waals surface area contributed by atoms with E-state index in [4.69, 9.17) is 4.74 Å². The van der Waals surface area contributed by atoms with Crippen LogP contribution in [-0.2, 0) is 25.7 Å². The van der Waals surface area contributed by atoms with Gasteiger partial charge in [-0.2, -0.15) is 0 Å². The summed E-state index contributed by atoms with van der Waals surface area (Å²) in [5.41, 5.74) is 10.2. The van der Waals surface area contributed by atoms with Crippen molar-refractivity contribution in [3.63, 3.8) is 0 Å². The van der Waals surface area contributed by atoms with Gasteiger partial charge in [-0.25, -0.2) is 0 Å². The topological polar surface area (TPSA) is 9.23 Å². The van der Waals surface area contributed by atoms with Gasteiger partial charge in [0.1, 0.15) is 11.5 Å². The zero-order valence-electron chi connectivity index (χ0n) is 23.2. The fourth-order valence-corrected chi connectivity index (χ4v) is 5.50. The molecule has 0 N–H and O–H groups in total. The molecule has 0 amide bonds. The molecule has 0 unspecified atom stereocenters. The Labute approximate surface area is 243 Å². The molecule has 200 valence electrons. The monoisotopic (exact) mass is 530 g/mol. The third-order valence-corrected chi connectivity index (χ3v) is 7.60. The Kier molecular flexibility index (Phi) is 8.34. The molecule has 0 atom stereocenters. The van der Waals surface area contributed by atoms with Crippen LogP contribution >= 0.6 is 0 Å². The van der Waals surface area contributed by atoms with Crippen molar-refractivity contribution >= 4 is 0 Å².